The maximum atomic E-state index is 5.80. The first-order valence-electron chi connectivity index (χ1n) is 6.82. The van der Waals surface area contributed by atoms with Crippen molar-refractivity contribution >= 4 is 0 Å². The third kappa shape index (κ3) is 3.30. The van der Waals surface area contributed by atoms with E-state index in [2.05, 4.69) is 9.55 Å². The van der Waals surface area contributed by atoms with Gasteiger partial charge in [0.15, 0.2) is 11.5 Å². The molecule has 0 atom stereocenters. The van der Waals surface area contributed by atoms with E-state index in [1.165, 1.54) is 0 Å². The highest BCUT2D eigenvalue weighted by Gasteiger charge is 2.07. The number of rotatable bonds is 7. The fourth-order valence-corrected chi connectivity index (χ4v) is 2.07. The van der Waals surface area contributed by atoms with Crippen LogP contribution in [0.2, 0.25) is 0 Å². The van der Waals surface area contributed by atoms with Crippen LogP contribution in [0.15, 0.2) is 30.5 Å². The Kier molecular flexibility index (Phi) is 5.01. The topological polar surface area (TPSA) is 62.3 Å². The Hall–Kier alpha value is -2.01. The summed E-state index contributed by atoms with van der Waals surface area (Å²) in [6, 6.07) is 7.69. The molecule has 0 aliphatic carbocycles. The first kappa shape index (κ1) is 14.4. The molecule has 1 heterocycles. The fraction of sp³-hybridized carbons (Fsp3) is 0.400. The molecule has 5 nitrogen and oxygen atoms in total. The number of para-hydroxylation sites is 2. The van der Waals surface area contributed by atoms with E-state index in [4.69, 9.17) is 15.2 Å². The molecule has 0 saturated carbocycles. The third-order valence-electron chi connectivity index (χ3n) is 3.07. The van der Waals surface area contributed by atoms with Crippen LogP contribution in [0.5, 0.6) is 11.5 Å². The highest BCUT2D eigenvalue weighted by atomic mass is 16.5. The summed E-state index contributed by atoms with van der Waals surface area (Å²) in [6.07, 6.45) is 1.81. The van der Waals surface area contributed by atoms with Crippen LogP contribution in [0.3, 0.4) is 0 Å². The number of hydrogen-bond acceptors (Lipinski definition) is 4. The molecular weight excluding hydrogens is 254 g/mol. The van der Waals surface area contributed by atoms with Crippen molar-refractivity contribution in [2.24, 2.45) is 5.73 Å². The standard InChI is InChI=1S/C15H21N3O2/c1-3-19-14-6-4-5-7-15(14)20-9-8-18-12(2)17-11-13(18)10-16/h4-7,11H,3,8-10,16H2,1-2H3. The smallest absolute Gasteiger partial charge is 0.161 e. The number of nitrogens with zero attached hydrogens (tertiary/aromatic N) is 2. The first-order chi connectivity index (χ1) is 9.76. The van der Waals surface area contributed by atoms with Gasteiger partial charge in [0, 0.05) is 12.7 Å². The first-order valence-corrected chi connectivity index (χ1v) is 6.82. The Morgan fingerprint density at radius 2 is 1.90 bits per heavy atom. The molecule has 5 heteroatoms. The fourth-order valence-electron chi connectivity index (χ4n) is 2.07. The Bertz CT molecular complexity index is 552. The van der Waals surface area contributed by atoms with Gasteiger partial charge in [0.2, 0.25) is 0 Å². The lowest BCUT2D eigenvalue weighted by Gasteiger charge is -2.13. The molecule has 0 saturated heterocycles. The lowest BCUT2D eigenvalue weighted by molar-refractivity contribution is 0.265. The molecule has 2 N–H and O–H groups in total. The van der Waals surface area contributed by atoms with E-state index in [9.17, 15) is 0 Å². The van der Waals surface area contributed by atoms with Crippen LogP contribution in [-0.4, -0.2) is 22.8 Å². The number of benzene rings is 1. The Balaban J connectivity index is 1.97. The van der Waals surface area contributed by atoms with Gasteiger partial charge in [-0.15, -0.1) is 0 Å². The SMILES string of the molecule is CCOc1ccccc1OCCn1c(CN)cnc1C. The molecule has 0 amide bonds. The van der Waals surface area contributed by atoms with Gasteiger partial charge in [-0.3, -0.25) is 0 Å². The molecule has 20 heavy (non-hydrogen) atoms. The Morgan fingerprint density at radius 3 is 2.55 bits per heavy atom. The van der Waals surface area contributed by atoms with E-state index in [1.54, 1.807) is 0 Å². The lowest BCUT2D eigenvalue weighted by atomic mass is 10.3. The van der Waals surface area contributed by atoms with Crippen LogP contribution in [0.1, 0.15) is 18.4 Å². The average Bonchev–Trinajstić information content (AvgIpc) is 2.82. The van der Waals surface area contributed by atoms with Crippen molar-refractivity contribution < 1.29 is 9.47 Å². The van der Waals surface area contributed by atoms with E-state index in [-0.39, 0.29) is 0 Å². The van der Waals surface area contributed by atoms with Gasteiger partial charge in [0.25, 0.3) is 0 Å². The van der Waals surface area contributed by atoms with E-state index in [1.807, 2.05) is 44.3 Å². The van der Waals surface area contributed by atoms with Crippen molar-refractivity contribution in [2.75, 3.05) is 13.2 Å². The summed E-state index contributed by atoms with van der Waals surface area (Å²) in [6.45, 7) is 6.30. The summed E-state index contributed by atoms with van der Waals surface area (Å²) in [5.41, 5.74) is 6.71. The maximum Gasteiger partial charge on any atom is 0.161 e. The molecule has 2 rings (SSSR count). The largest absolute Gasteiger partial charge is 0.490 e. The second kappa shape index (κ2) is 6.96. The molecule has 0 unspecified atom stereocenters. The van der Waals surface area contributed by atoms with Gasteiger partial charge >= 0.3 is 0 Å². The second-order valence-electron chi connectivity index (χ2n) is 4.38. The van der Waals surface area contributed by atoms with Crippen molar-refractivity contribution in [3.63, 3.8) is 0 Å². The van der Waals surface area contributed by atoms with Gasteiger partial charge < -0.3 is 19.8 Å². The summed E-state index contributed by atoms with van der Waals surface area (Å²) in [4.78, 5) is 4.26. The lowest BCUT2D eigenvalue weighted by Crippen LogP contribution is -2.14. The monoisotopic (exact) mass is 275 g/mol. The van der Waals surface area contributed by atoms with Crippen molar-refractivity contribution in [1.29, 1.82) is 0 Å². The zero-order chi connectivity index (χ0) is 14.4. The van der Waals surface area contributed by atoms with Crippen molar-refractivity contribution in [1.82, 2.24) is 9.55 Å². The second-order valence-corrected chi connectivity index (χ2v) is 4.38. The summed E-state index contributed by atoms with van der Waals surface area (Å²) in [5, 5.41) is 0. The normalized spacial score (nSPS) is 10.6. The molecule has 1 aromatic carbocycles. The van der Waals surface area contributed by atoms with Gasteiger partial charge in [-0.25, -0.2) is 4.98 Å². The summed E-state index contributed by atoms with van der Waals surface area (Å²) in [7, 11) is 0. The number of imidazole rings is 1. The predicted molar refractivity (Wildman–Crippen MR) is 78.0 cm³/mol. The Labute approximate surface area is 119 Å². The van der Waals surface area contributed by atoms with Crippen LogP contribution < -0.4 is 15.2 Å². The van der Waals surface area contributed by atoms with Gasteiger partial charge in [0.1, 0.15) is 12.4 Å². The third-order valence-corrected chi connectivity index (χ3v) is 3.07. The van der Waals surface area contributed by atoms with Gasteiger partial charge in [-0.05, 0) is 26.0 Å². The zero-order valence-electron chi connectivity index (χ0n) is 12.0. The minimum Gasteiger partial charge on any atom is -0.490 e. The molecule has 0 radical (unpaired) electrons. The molecule has 0 bridgehead atoms. The predicted octanol–water partition coefficient (Wildman–Crippen LogP) is 2.13. The highest BCUT2D eigenvalue weighted by molar-refractivity contribution is 5.39. The number of aromatic nitrogens is 2. The number of hydrogen-bond donors (Lipinski definition) is 1. The minimum atomic E-state index is 0.483. The molecule has 0 spiro atoms. The van der Waals surface area contributed by atoms with Crippen molar-refractivity contribution in [3.8, 4) is 11.5 Å². The van der Waals surface area contributed by atoms with Gasteiger partial charge in [0.05, 0.1) is 18.8 Å². The van der Waals surface area contributed by atoms with Crippen LogP contribution in [-0.2, 0) is 13.1 Å². The molecule has 0 fully saturated rings. The van der Waals surface area contributed by atoms with Crippen molar-refractivity contribution in [3.05, 3.63) is 42.0 Å². The van der Waals surface area contributed by atoms with Crippen LogP contribution >= 0.6 is 0 Å². The van der Waals surface area contributed by atoms with E-state index in [0.717, 1.165) is 29.6 Å². The van der Waals surface area contributed by atoms with Gasteiger partial charge in [-0.2, -0.15) is 0 Å². The van der Waals surface area contributed by atoms with Gasteiger partial charge in [-0.1, -0.05) is 12.1 Å². The maximum absolute atomic E-state index is 5.80. The zero-order valence-corrected chi connectivity index (χ0v) is 12.0. The average molecular weight is 275 g/mol. The number of nitrogens with two attached hydrogens (primary N) is 1. The number of ether oxygens (including phenoxy) is 2. The molecule has 108 valence electrons. The van der Waals surface area contributed by atoms with Crippen LogP contribution in [0.4, 0.5) is 0 Å². The molecular formula is C15H21N3O2. The molecule has 2 aromatic rings. The van der Waals surface area contributed by atoms with Crippen LogP contribution in [0, 0.1) is 6.92 Å². The molecule has 0 aliphatic heterocycles. The number of aryl methyl sites for hydroxylation is 1. The van der Waals surface area contributed by atoms with E-state index < -0.39 is 0 Å². The minimum absolute atomic E-state index is 0.483. The summed E-state index contributed by atoms with van der Waals surface area (Å²) < 4.78 is 13.4. The molecule has 1 aromatic heterocycles. The summed E-state index contributed by atoms with van der Waals surface area (Å²) in [5.74, 6) is 2.49. The van der Waals surface area contributed by atoms with Crippen molar-refractivity contribution in [2.45, 2.75) is 26.9 Å². The molecule has 0 aliphatic rings. The van der Waals surface area contributed by atoms with E-state index in [0.29, 0.717) is 19.8 Å². The van der Waals surface area contributed by atoms with Crippen LogP contribution in [0.25, 0.3) is 0 Å². The highest BCUT2D eigenvalue weighted by Crippen LogP contribution is 2.26. The Morgan fingerprint density at radius 1 is 1.20 bits per heavy atom. The summed E-state index contributed by atoms with van der Waals surface area (Å²) >= 11 is 0. The van der Waals surface area contributed by atoms with E-state index >= 15 is 0 Å². The quantitative estimate of drug-likeness (QED) is 0.841.